The molecule has 0 rings (SSSR count). The van der Waals surface area contributed by atoms with Crippen LogP contribution in [0.15, 0.2) is 0 Å². The summed E-state index contributed by atoms with van der Waals surface area (Å²) in [4.78, 5) is 0. The molecule has 0 aromatic rings. The van der Waals surface area contributed by atoms with Crippen LogP contribution >= 0.6 is 0 Å². The summed E-state index contributed by atoms with van der Waals surface area (Å²) in [6.07, 6.45) is 0. The van der Waals surface area contributed by atoms with Gasteiger partial charge in [-0.3, -0.25) is 0 Å². The third kappa shape index (κ3) is 91.9. The van der Waals surface area contributed by atoms with Crippen molar-refractivity contribution in [3.8, 4) is 0 Å². The Morgan fingerprint density at radius 2 is 1.17 bits per heavy atom. The van der Waals surface area contributed by atoms with Crippen LogP contribution in [-0.4, -0.2) is 14.5 Å². The van der Waals surface area contributed by atoms with Gasteiger partial charge in [0, 0.05) is 0 Å². The molecule has 0 unspecified atom stereocenters. The van der Waals surface area contributed by atoms with Gasteiger partial charge in [-0.05, 0) is 0 Å². The second-order valence-corrected chi connectivity index (χ2v) is 2.32. The van der Waals surface area contributed by atoms with Crippen molar-refractivity contribution in [2.75, 3.05) is 0 Å². The first-order valence-corrected chi connectivity index (χ1v) is 3.79. The number of hydrogen-bond donors (Lipinski definition) is 0. The molecule has 0 atom stereocenters. The van der Waals surface area contributed by atoms with Crippen molar-refractivity contribution in [3.63, 3.8) is 0 Å². The van der Waals surface area contributed by atoms with Gasteiger partial charge in [0.05, 0.1) is 0 Å². The SMILES string of the molecule is O=[As]([O-])([O-])[O-].[Pd+3]. The second-order valence-electron chi connectivity index (χ2n) is 0.447. The maximum absolute atomic E-state index is 8.61. The van der Waals surface area contributed by atoms with Gasteiger partial charge in [-0.25, -0.2) is 0 Å². The fraction of sp³-hybridized carbons (Fsp3) is 0. The molecule has 4 nitrogen and oxygen atoms in total. The second kappa shape index (κ2) is 2.98. The van der Waals surface area contributed by atoms with Crippen LogP contribution < -0.4 is 12.3 Å². The first-order chi connectivity index (χ1) is 2.00. The first-order valence-electron chi connectivity index (χ1n) is 0.730. The number of hydrogen-bond acceptors (Lipinski definition) is 4. The topological polar surface area (TPSA) is 86.2 Å². The Morgan fingerprint density at radius 3 is 1.17 bits per heavy atom. The molecule has 0 aliphatic heterocycles. The Labute approximate surface area is 51.2 Å². The Balaban J connectivity index is 0. The molecule has 0 bridgehead atoms. The fourth-order valence-corrected chi connectivity index (χ4v) is 0. The molecule has 1 radical (unpaired) electrons. The minimum atomic E-state index is -5.88. The fourth-order valence-electron chi connectivity index (χ4n) is 0. The molecule has 6 heavy (non-hydrogen) atoms. The number of rotatable bonds is 0. The molecule has 0 spiro atoms. The maximum Gasteiger partial charge on any atom is 3.00 e. The van der Waals surface area contributed by atoms with E-state index in [0.29, 0.717) is 0 Å². The summed E-state index contributed by atoms with van der Waals surface area (Å²) in [6.45, 7) is 0. The predicted molar refractivity (Wildman–Crippen MR) is 6.44 cm³/mol. The van der Waals surface area contributed by atoms with Crippen molar-refractivity contribution >= 4 is 14.5 Å². The molecule has 0 aromatic heterocycles. The Bertz CT molecular complexity index is 53.7. The van der Waals surface area contributed by atoms with E-state index in [1.54, 1.807) is 0 Å². The minimum Gasteiger partial charge on any atom is 3.00 e. The predicted octanol–water partition coefficient (Wildman–Crippen LogP) is -4.07. The van der Waals surface area contributed by atoms with Crippen LogP contribution in [0.2, 0.25) is 0 Å². The zero-order valence-electron chi connectivity index (χ0n) is 2.40. The van der Waals surface area contributed by atoms with Crippen molar-refractivity contribution in [2.45, 2.75) is 0 Å². The van der Waals surface area contributed by atoms with E-state index >= 15 is 0 Å². The molecule has 0 fully saturated rings. The van der Waals surface area contributed by atoms with E-state index in [9.17, 15) is 0 Å². The summed E-state index contributed by atoms with van der Waals surface area (Å²) in [5.74, 6) is 0. The van der Waals surface area contributed by atoms with Crippen LogP contribution in [0, 0.1) is 0 Å². The zero-order valence-corrected chi connectivity index (χ0v) is 5.83. The normalized spacial score (nSPS) is 9.83. The van der Waals surface area contributed by atoms with E-state index in [4.69, 9.17) is 16.0 Å². The van der Waals surface area contributed by atoms with E-state index in [0.717, 1.165) is 0 Å². The third-order valence-corrected chi connectivity index (χ3v) is 0. The van der Waals surface area contributed by atoms with Gasteiger partial charge in [-0.2, -0.15) is 0 Å². The summed E-state index contributed by atoms with van der Waals surface area (Å²) < 4.78 is 34.4. The molecular formula is AsO4Pd. The standard InChI is InChI=1S/AsH3O4.Pd/c2-1(3,4)5;/h(H3,2,3,4,5);/q;+3/p-3. The molecule has 0 heterocycles. The monoisotopic (exact) mass is 245 g/mol. The van der Waals surface area contributed by atoms with Crippen LogP contribution in [0.3, 0.4) is 0 Å². The van der Waals surface area contributed by atoms with Crippen LogP contribution in [0.25, 0.3) is 0 Å². The quantitative estimate of drug-likeness (QED) is 0.406. The van der Waals surface area contributed by atoms with Crippen molar-refractivity contribution in [1.29, 1.82) is 0 Å². The molecule has 0 aliphatic carbocycles. The van der Waals surface area contributed by atoms with Gasteiger partial charge < -0.3 is 0 Å². The summed E-state index contributed by atoms with van der Waals surface area (Å²) in [7, 11) is 0. The van der Waals surface area contributed by atoms with Crippen LogP contribution in [0.5, 0.6) is 0 Å². The van der Waals surface area contributed by atoms with E-state index in [1.165, 1.54) is 0 Å². The molecule has 0 aliphatic rings. The van der Waals surface area contributed by atoms with Crippen LogP contribution in [0.4, 0.5) is 0 Å². The van der Waals surface area contributed by atoms with Gasteiger partial charge in [0.2, 0.25) is 0 Å². The van der Waals surface area contributed by atoms with Crippen LogP contribution in [0.1, 0.15) is 0 Å². The minimum absolute atomic E-state index is 0. The van der Waals surface area contributed by atoms with Gasteiger partial charge >= 0.3 is 51.0 Å². The first kappa shape index (κ1) is 10.0. The molecule has 0 aromatic carbocycles. The van der Waals surface area contributed by atoms with E-state index in [-0.39, 0.29) is 20.4 Å². The van der Waals surface area contributed by atoms with Crippen molar-refractivity contribution in [2.24, 2.45) is 0 Å². The Morgan fingerprint density at radius 1 is 1.17 bits per heavy atom. The van der Waals surface area contributed by atoms with Crippen molar-refractivity contribution in [3.05, 3.63) is 0 Å². The average Bonchev–Trinajstić information content (AvgIpc) is 0.722. The third-order valence-electron chi connectivity index (χ3n) is 0. The van der Waals surface area contributed by atoms with Crippen molar-refractivity contribution in [1.82, 2.24) is 0 Å². The zero-order chi connectivity index (χ0) is 4.50. The van der Waals surface area contributed by atoms with Gasteiger partial charge in [0.1, 0.15) is 0 Å². The molecule has 0 saturated carbocycles. The summed E-state index contributed by atoms with van der Waals surface area (Å²) in [5.41, 5.74) is 0. The molecular weight excluding hydrogens is 245 g/mol. The molecule has 0 saturated heterocycles. The average molecular weight is 245 g/mol. The van der Waals surface area contributed by atoms with E-state index < -0.39 is 14.5 Å². The van der Waals surface area contributed by atoms with E-state index in [2.05, 4.69) is 0 Å². The largest absolute Gasteiger partial charge is 3.00 e. The van der Waals surface area contributed by atoms with Crippen LogP contribution in [-0.2, 0) is 24.2 Å². The van der Waals surface area contributed by atoms with Crippen molar-refractivity contribution < 1.29 is 36.4 Å². The molecule has 6 heteroatoms. The van der Waals surface area contributed by atoms with Gasteiger partial charge in [-0.1, -0.05) is 0 Å². The maximum atomic E-state index is 8.61. The molecule has 39 valence electrons. The summed E-state index contributed by atoms with van der Waals surface area (Å²) >= 11 is -5.88. The summed E-state index contributed by atoms with van der Waals surface area (Å²) in [6, 6.07) is 0. The van der Waals surface area contributed by atoms with Gasteiger partial charge in [-0.15, -0.1) is 0 Å². The Hall–Kier alpha value is 0.901. The molecule has 0 amide bonds. The summed E-state index contributed by atoms with van der Waals surface area (Å²) in [5, 5.41) is 0. The van der Waals surface area contributed by atoms with E-state index in [1.807, 2.05) is 0 Å². The molecule has 0 N–H and O–H groups in total. The smallest absolute Gasteiger partial charge is 3.00 e. The van der Waals surface area contributed by atoms with Gasteiger partial charge in [0.25, 0.3) is 0 Å². The van der Waals surface area contributed by atoms with Gasteiger partial charge in [0.15, 0.2) is 0 Å². The Kier molecular flexibility index (Phi) is 4.96.